The van der Waals surface area contributed by atoms with E-state index in [0.29, 0.717) is 16.5 Å². The molecule has 1 fully saturated rings. The van der Waals surface area contributed by atoms with Crippen LogP contribution in [0.25, 0.3) is 11.3 Å². The van der Waals surface area contributed by atoms with E-state index in [1.165, 1.54) is 0 Å². The van der Waals surface area contributed by atoms with Crippen LogP contribution >= 0.6 is 23.4 Å². The highest BCUT2D eigenvalue weighted by molar-refractivity contribution is 7.98. The standard InChI is InChI=1S/C20H17ClN2O2S/c1-26-17-5-3-2-4-15(17)22-19(24)20(10-11-20)18-12-16(25-23-18)13-6-8-14(21)9-7-13/h2-9,12H,10-11H2,1H3,(H,22,24). The molecule has 6 heteroatoms. The van der Waals surface area contributed by atoms with E-state index < -0.39 is 5.41 Å². The van der Waals surface area contributed by atoms with Crippen molar-refractivity contribution in [3.63, 3.8) is 0 Å². The molecule has 0 saturated heterocycles. The quantitative estimate of drug-likeness (QED) is 0.599. The Bertz CT molecular complexity index is 948. The molecular weight excluding hydrogens is 368 g/mol. The van der Waals surface area contributed by atoms with Gasteiger partial charge in [0.15, 0.2) is 5.76 Å². The summed E-state index contributed by atoms with van der Waals surface area (Å²) in [6.07, 6.45) is 3.54. The molecule has 26 heavy (non-hydrogen) atoms. The smallest absolute Gasteiger partial charge is 0.236 e. The summed E-state index contributed by atoms with van der Waals surface area (Å²) in [5.74, 6) is 0.607. The Hall–Kier alpha value is -2.24. The molecule has 2 aromatic carbocycles. The van der Waals surface area contributed by atoms with Gasteiger partial charge in [0.2, 0.25) is 5.91 Å². The molecule has 3 aromatic rings. The number of amides is 1. The normalized spacial score (nSPS) is 14.8. The number of nitrogens with zero attached hydrogens (tertiary/aromatic N) is 1. The van der Waals surface area contributed by atoms with Crippen LogP contribution in [-0.4, -0.2) is 17.3 Å². The van der Waals surface area contributed by atoms with Crippen molar-refractivity contribution >= 4 is 35.0 Å². The van der Waals surface area contributed by atoms with E-state index >= 15 is 0 Å². The lowest BCUT2D eigenvalue weighted by atomic mass is 10.00. The summed E-state index contributed by atoms with van der Waals surface area (Å²) in [6, 6.07) is 17.0. The molecule has 1 aliphatic rings. The minimum atomic E-state index is -0.598. The number of halogens is 1. The SMILES string of the molecule is CSc1ccccc1NC(=O)C1(c2cc(-c3ccc(Cl)cc3)on2)CC1. The largest absolute Gasteiger partial charge is 0.356 e. The zero-order valence-corrected chi connectivity index (χ0v) is 15.7. The Morgan fingerprint density at radius 2 is 1.92 bits per heavy atom. The lowest BCUT2D eigenvalue weighted by Crippen LogP contribution is -2.28. The van der Waals surface area contributed by atoms with Crippen molar-refractivity contribution in [3.05, 3.63) is 65.3 Å². The molecule has 0 bridgehead atoms. The van der Waals surface area contributed by atoms with Gasteiger partial charge in [-0.15, -0.1) is 11.8 Å². The van der Waals surface area contributed by atoms with E-state index in [0.717, 1.165) is 29.0 Å². The third-order valence-electron chi connectivity index (χ3n) is 4.67. The van der Waals surface area contributed by atoms with Crippen LogP contribution in [0.15, 0.2) is 64.0 Å². The maximum Gasteiger partial charge on any atom is 0.236 e. The first-order chi connectivity index (χ1) is 12.6. The average Bonchev–Trinajstić information content (AvgIpc) is 3.33. The number of thioether (sulfide) groups is 1. The summed E-state index contributed by atoms with van der Waals surface area (Å²) in [7, 11) is 0. The molecular formula is C20H17ClN2O2S. The molecule has 132 valence electrons. The van der Waals surface area contributed by atoms with Crippen molar-refractivity contribution in [2.24, 2.45) is 0 Å². The maximum atomic E-state index is 12.9. The highest BCUT2D eigenvalue weighted by Gasteiger charge is 2.54. The number of carbonyl (C=O) groups excluding carboxylic acids is 1. The fourth-order valence-electron chi connectivity index (χ4n) is 2.97. The lowest BCUT2D eigenvalue weighted by Gasteiger charge is -2.14. The Labute approximate surface area is 160 Å². The number of aromatic nitrogens is 1. The molecule has 0 unspecified atom stereocenters. The average molecular weight is 385 g/mol. The number of hydrogen-bond donors (Lipinski definition) is 1. The van der Waals surface area contributed by atoms with Gasteiger partial charge >= 0.3 is 0 Å². The Balaban J connectivity index is 1.57. The van der Waals surface area contributed by atoms with Gasteiger partial charge in [0, 0.05) is 21.5 Å². The highest BCUT2D eigenvalue weighted by Crippen LogP contribution is 2.49. The molecule has 0 atom stereocenters. The summed E-state index contributed by atoms with van der Waals surface area (Å²) < 4.78 is 5.48. The van der Waals surface area contributed by atoms with Crippen LogP contribution in [0.3, 0.4) is 0 Å². The molecule has 1 amide bonds. The van der Waals surface area contributed by atoms with Crippen molar-refractivity contribution in [2.75, 3.05) is 11.6 Å². The van der Waals surface area contributed by atoms with Crippen LogP contribution in [0.2, 0.25) is 5.02 Å². The van der Waals surface area contributed by atoms with Crippen LogP contribution in [0.1, 0.15) is 18.5 Å². The second kappa shape index (κ2) is 6.82. The molecule has 1 N–H and O–H groups in total. The highest BCUT2D eigenvalue weighted by atomic mass is 35.5. The molecule has 1 heterocycles. The van der Waals surface area contributed by atoms with Crippen molar-refractivity contribution in [1.82, 2.24) is 5.16 Å². The van der Waals surface area contributed by atoms with E-state index in [1.807, 2.05) is 48.7 Å². The summed E-state index contributed by atoms with van der Waals surface area (Å²) in [5.41, 5.74) is 1.80. The molecule has 0 radical (unpaired) electrons. The molecule has 0 spiro atoms. The summed E-state index contributed by atoms with van der Waals surface area (Å²) in [4.78, 5) is 14.0. The second-order valence-electron chi connectivity index (χ2n) is 6.32. The third-order valence-corrected chi connectivity index (χ3v) is 5.72. The molecule has 1 aliphatic carbocycles. The van der Waals surface area contributed by atoms with E-state index in [1.54, 1.807) is 23.9 Å². The Morgan fingerprint density at radius 1 is 1.19 bits per heavy atom. The minimum Gasteiger partial charge on any atom is -0.356 e. The number of para-hydroxylation sites is 1. The predicted molar refractivity (Wildman–Crippen MR) is 105 cm³/mol. The van der Waals surface area contributed by atoms with Gasteiger partial charge in [-0.25, -0.2) is 0 Å². The zero-order chi connectivity index (χ0) is 18.1. The minimum absolute atomic E-state index is 0.0324. The predicted octanol–water partition coefficient (Wildman–Crippen LogP) is 5.39. The van der Waals surface area contributed by atoms with Gasteiger partial charge in [-0.1, -0.05) is 28.9 Å². The topological polar surface area (TPSA) is 55.1 Å². The first kappa shape index (κ1) is 17.2. The van der Waals surface area contributed by atoms with Crippen molar-refractivity contribution in [3.8, 4) is 11.3 Å². The molecule has 0 aliphatic heterocycles. The van der Waals surface area contributed by atoms with Crippen LogP contribution in [0.4, 0.5) is 5.69 Å². The lowest BCUT2D eigenvalue weighted by molar-refractivity contribution is -0.118. The number of benzene rings is 2. The van der Waals surface area contributed by atoms with Crippen molar-refractivity contribution in [1.29, 1.82) is 0 Å². The van der Waals surface area contributed by atoms with Gasteiger partial charge in [-0.2, -0.15) is 0 Å². The summed E-state index contributed by atoms with van der Waals surface area (Å²) >= 11 is 7.54. The van der Waals surface area contributed by atoms with Gasteiger partial charge in [0.1, 0.15) is 0 Å². The number of anilines is 1. The van der Waals surface area contributed by atoms with Gasteiger partial charge in [0.25, 0.3) is 0 Å². The first-order valence-corrected chi connectivity index (χ1v) is 9.90. The Morgan fingerprint density at radius 3 is 2.62 bits per heavy atom. The molecule has 4 nitrogen and oxygen atoms in total. The molecule has 1 aromatic heterocycles. The van der Waals surface area contributed by atoms with Gasteiger partial charge in [-0.05, 0) is 55.5 Å². The van der Waals surface area contributed by atoms with Crippen LogP contribution in [0.5, 0.6) is 0 Å². The summed E-state index contributed by atoms with van der Waals surface area (Å²) in [6.45, 7) is 0. The fraction of sp³-hybridized carbons (Fsp3) is 0.200. The van der Waals surface area contributed by atoms with E-state index in [-0.39, 0.29) is 5.91 Å². The molecule has 4 rings (SSSR count). The second-order valence-corrected chi connectivity index (χ2v) is 7.60. The van der Waals surface area contributed by atoms with Crippen LogP contribution < -0.4 is 5.32 Å². The Kier molecular flexibility index (Phi) is 4.51. The number of carbonyl (C=O) groups is 1. The first-order valence-electron chi connectivity index (χ1n) is 8.30. The number of nitrogens with one attached hydrogen (secondary N) is 1. The van der Waals surface area contributed by atoms with E-state index in [9.17, 15) is 4.79 Å². The van der Waals surface area contributed by atoms with Gasteiger partial charge < -0.3 is 9.84 Å². The zero-order valence-electron chi connectivity index (χ0n) is 14.2. The monoisotopic (exact) mass is 384 g/mol. The molecule has 1 saturated carbocycles. The van der Waals surface area contributed by atoms with Crippen LogP contribution in [-0.2, 0) is 10.2 Å². The fourth-order valence-corrected chi connectivity index (χ4v) is 3.64. The third kappa shape index (κ3) is 3.13. The van der Waals surface area contributed by atoms with Gasteiger partial charge in [-0.3, -0.25) is 4.79 Å². The van der Waals surface area contributed by atoms with E-state index in [2.05, 4.69) is 10.5 Å². The summed E-state index contributed by atoms with van der Waals surface area (Å²) in [5, 5.41) is 7.91. The number of hydrogen-bond acceptors (Lipinski definition) is 4. The number of rotatable bonds is 5. The van der Waals surface area contributed by atoms with Gasteiger partial charge in [0.05, 0.1) is 16.8 Å². The maximum absolute atomic E-state index is 12.9. The van der Waals surface area contributed by atoms with E-state index in [4.69, 9.17) is 16.1 Å². The van der Waals surface area contributed by atoms with Crippen molar-refractivity contribution < 1.29 is 9.32 Å². The van der Waals surface area contributed by atoms with Crippen molar-refractivity contribution in [2.45, 2.75) is 23.2 Å². The van der Waals surface area contributed by atoms with Crippen LogP contribution in [0, 0.1) is 0 Å².